The van der Waals surface area contributed by atoms with E-state index >= 15 is 0 Å². The van der Waals surface area contributed by atoms with E-state index in [9.17, 15) is 0 Å². The maximum atomic E-state index is 7.83. The van der Waals surface area contributed by atoms with Gasteiger partial charge in [0, 0.05) is 0 Å². The summed E-state index contributed by atoms with van der Waals surface area (Å²) in [6, 6.07) is 0. The summed E-state index contributed by atoms with van der Waals surface area (Å²) in [5, 5.41) is 7.83. The fourth-order valence-electron chi connectivity index (χ4n) is 0. The molecule has 0 radical (unpaired) electrons. The zero-order chi connectivity index (χ0) is 3.58. The molecule has 0 heterocycles. The number of hydrogen-bond donors (Lipinski definition) is 2. The first-order chi connectivity index (χ1) is 1.73. The van der Waals surface area contributed by atoms with Crippen molar-refractivity contribution in [2.75, 3.05) is 0 Å². The van der Waals surface area contributed by atoms with Crippen LogP contribution in [0.15, 0.2) is 0 Å². The Hall–Kier alpha value is 1.56. The van der Waals surface area contributed by atoms with E-state index in [1.54, 1.807) is 0 Å². The Bertz CT molecular complexity index is 18.3. The monoisotopic (exact) mass is 101 g/mol. The van der Waals surface area contributed by atoms with E-state index in [1.807, 2.05) is 0 Å². The van der Waals surface area contributed by atoms with Crippen molar-refractivity contribution in [2.24, 2.45) is 5.73 Å². The van der Waals surface area contributed by atoms with Crippen LogP contribution in [-0.4, -0.2) is 11.3 Å². The number of nitrogens with two attached hydrogens (primary N) is 1. The normalized spacial score (nSPS) is 12.6. The molecule has 3 N–H and O–H groups in total. The Kier molecular flexibility index (Phi) is 10.8. The second kappa shape index (κ2) is 5.56. The van der Waals surface area contributed by atoms with Crippen LogP contribution in [0.5, 0.6) is 0 Å². The standard InChI is InChI=1S/C2H7NO.K.H/c1-2(3)4;;/h2,4H,3H2,1H3;;/q;+1;-1. The van der Waals surface area contributed by atoms with Crippen molar-refractivity contribution in [3.05, 3.63) is 0 Å². The Morgan fingerprint density at radius 3 is 2.00 bits per heavy atom. The fourth-order valence-corrected chi connectivity index (χ4v) is 0. The smallest absolute Gasteiger partial charge is 1.00 e. The second-order valence-electron chi connectivity index (χ2n) is 0.741. The molecule has 0 fully saturated rings. The van der Waals surface area contributed by atoms with E-state index in [0.717, 1.165) is 0 Å². The van der Waals surface area contributed by atoms with Gasteiger partial charge in [0.2, 0.25) is 0 Å². The van der Waals surface area contributed by atoms with Gasteiger partial charge in [-0.3, -0.25) is 0 Å². The van der Waals surface area contributed by atoms with Crippen molar-refractivity contribution in [1.29, 1.82) is 0 Å². The molecule has 0 saturated heterocycles. The molecule has 28 valence electrons. The summed E-state index contributed by atoms with van der Waals surface area (Å²) in [6.07, 6.45) is -0.667. The van der Waals surface area contributed by atoms with Crippen LogP contribution >= 0.6 is 0 Å². The van der Waals surface area contributed by atoms with E-state index in [1.165, 1.54) is 6.92 Å². The van der Waals surface area contributed by atoms with Crippen LogP contribution in [0.1, 0.15) is 8.35 Å². The van der Waals surface area contributed by atoms with Gasteiger partial charge >= 0.3 is 51.4 Å². The zero-order valence-electron chi connectivity index (χ0n) is 4.60. The third-order valence-electron chi connectivity index (χ3n) is 0. The van der Waals surface area contributed by atoms with Crippen molar-refractivity contribution in [1.82, 2.24) is 0 Å². The van der Waals surface area contributed by atoms with Gasteiger partial charge in [0.25, 0.3) is 0 Å². The van der Waals surface area contributed by atoms with Crippen LogP contribution in [0.2, 0.25) is 0 Å². The Morgan fingerprint density at radius 2 is 2.00 bits per heavy atom. The number of hydrogen-bond acceptors (Lipinski definition) is 2. The summed E-state index contributed by atoms with van der Waals surface area (Å²) in [4.78, 5) is 0. The van der Waals surface area contributed by atoms with Gasteiger partial charge in [-0.15, -0.1) is 0 Å². The summed E-state index contributed by atoms with van der Waals surface area (Å²) in [6.45, 7) is 1.50. The third kappa shape index (κ3) is 29.0. The van der Waals surface area contributed by atoms with Crippen LogP contribution in [0.4, 0.5) is 0 Å². The summed E-state index contributed by atoms with van der Waals surface area (Å²) < 4.78 is 0. The second-order valence-corrected chi connectivity index (χ2v) is 0.741. The Balaban J connectivity index is -0.0000000450. The molecule has 0 rings (SSSR count). The molecule has 0 aromatic heterocycles. The average Bonchev–Trinajstić information content (AvgIpc) is 0.811. The predicted octanol–water partition coefficient (Wildman–Crippen LogP) is -3.60. The molecule has 3 heteroatoms. The van der Waals surface area contributed by atoms with Gasteiger partial charge in [-0.1, -0.05) is 0 Å². The predicted molar refractivity (Wildman–Crippen MR) is 17.0 cm³/mol. The molecule has 1 unspecified atom stereocenters. The van der Waals surface area contributed by atoms with Crippen molar-refractivity contribution in [3.63, 3.8) is 0 Å². The molecule has 0 saturated carbocycles. The molecule has 0 aromatic carbocycles. The maximum Gasteiger partial charge on any atom is 1.00 e. The van der Waals surface area contributed by atoms with Gasteiger partial charge in [-0.2, -0.15) is 0 Å². The van der Waals surface area contributed by atoms with Crippen LogP contribution in [0.25, 0.3) is 0 Å². The summed E-state index contributed by atoms with van der Waals surface area (Å²) >= 11 is 0. The molecule has 0 spiro atoms. The van der Waals surface area contributed by atoms with E-state index in [4.69, 9.17) is 5.11 Å². The van der Waals surface area contributed by atoms with E-state index in [0.29, 0.717) is 0 Å². The molecule has 2 nitrogen and oxygen atoms in total. The molecular formula is C2H8KNO. The van der Waals surface area contributed by atoms with Crippen molar-refractivity contribution in [2.45, 2.75) is 13.2 Å². The van der Waals surface area contributed by atoms with Crippen molar-refractivity contribution in [3.8, 4) is 0 Å². The van der Waals surface area contributed by atoms with E-state index < -0.39 is 6.23 Å². The van der Waals surface area contributed by atoms with Gasteiger partial charge < -0.3 is 12.3 Å². The average molecular weight is 101 g/mol. The summed E-state index contributed by atoms with van der Waals surface area (Å²) in [5.41, 5.74) is 4.67. The molecule has 0 aliphatic carbocycles. The van der Waals surface area contributed by atoms with Crippen LogP contribution in [0, 0.1) is 0 Å². The molecule has 0 aliphatic rings. The zero-order valence-corrected chi connectivity index (χ0v) is 6.73. The molecule has 0 bridgehead atoms. The molecule has 5 heavy (non-hydrogen) atoms. The number of rotatable bonds is 0. The third-order valence-corrected chi connectivity index (χ3v) is 0. The Labute approximate surface area is 75.6 Å². The van der Waals surface area contributed by atoms with Gasteiger partial charge in [-0.25, -0.2) is 0 Å². The SMILES string of the molecule is CC(N)O.[H-].[K+]. The summed E-state index contributed by atoms with van der Waals surface area (Å²) in [5.74, 6) is 0. The number of aliphatic hydroxyl groups excluding tert-OH is 1. The van der Waals surface area contributed by atoms with E-state index in [2.05, 4.69) is 5.73 Å². The van der Waals surface area contributed by atoms with Crippen molar-refractivity contribution < 1.29 is 57.9 Å². The molecule has 1 atom stereocenters. The first kappa shape index (κ1) is 9.75. The summed E-state index contributed by atoms with van der Waals surface area (Å²) in [7, 11) is 0. The quantitative estimate of drug-likeness (QED) is 0.245. The topological polar surface area (TPSA) is 46.2 Å². The minimum atomic E-state index is -0.667. The minimum Gasteiger partial charge on any atom is -1.00 e. The van der Waals surface area contributed by atoms with Gasteiger partial charge in [0.1, 0.15) is 0 Å². The molecular weight excluding hydrogens is 93.1 g/mol. The van der Waals surface area contributed by atoms with E-state index in [-0.39, 0.29) is 52.8 Å². The molecule has 0 aliphatic heterocycles. The maximum absolute atomic E-state index is 7.83. The van der Waals surface area contributed by atoms with Gasteiger partial charge in [0.05, 0.1) is 6.23 Å². The first-order valence-electron chi connectivity index (χ1n) is 1.17. The van der Waals surface area contributed by atoms with Crippen LogP contribution in [0.3, 0.4) is 0 Å². The largest absolute Gasteiger partial charge is 1.00 e. The van der Waals surface area contributed by atoms with Gasteiger partial charge in [0.15, 0.2) is 0 Å². The fraction of sp³-hybridized carbons (Fsp3) is 1.00. The Morgan fingerprint density at radius 1 is 2.00 bits per heavy atom. The van der Waals surface area contributed by atoms with Crippen LogP contribution in [-0.2, 0) is 0 Å². The first-order valence-corrected chi connectivity index (χ1v) is 1.17. The van der Waals surface area contributed by atoms with Crippen LogP contribution < -0.4 is 57.1 Å². The molecule has 0 amide bonds. The van der Waals surface area contributed by atoms with Gasteiger partial charge in [-0.05, 0) is 6.92 Å². The minimum absolute atomic E-state index is 0. The number of aliphatic hydroxyl groups is 1. The molecule has 0 aromatic rings. The van der Waals surface area contributed by atoms with Crippen molar-refractivity contribution >= 4 is 0 Å².